The lowest BCUT2D eigenvalue weighted by atomic mass is 10.1. The summed E-state index contributed by atoms with van der Waals surface area (Å²) in [5.74, 6) is -0.766. The molecule has 2 aliphatic carbocycles. The summed E-state index contributed by atoms with van der Waals surface area (Å²) in [4.78, 5) is 30.2. The van der Waals surface area contributed by atoms with Crippen LogP contribution in [0.3, 0.4) is 0 Å². The van der Waals surface area contributed by atoms with Crippen LogP contribution in [0.1, 0.15) is 35.7 Å². The van der Waals surface area contributed by atoms with Crippen molar-refractivity contribution in [2.75, 3.05) is 18.0 Å². The molecule has 7 nitrogen and oxygen atoms in total. The predicted molar refractivity (Wildman–Crippen MR) is 93.0 cm³/mol. The molecular formula is C18H19FN4O3. The van der Waals surface area contributed by atoms with Crippen LogP contribution < -0.4 is 16.1 Å². The van der Waals surface area contributed by atoms with Crippen LogP contribution in [-0.2, 0) is 0 Å². The highest BCUT2D eigenvalue weighted by Gasteiger charge is 2.50. The number of hydrogen-bond acceptors (Lipinski definition) is 5. The first kappa shape index (κ1) is 15.7. The highest BCUT2D eigenvalue weighted by Crippen LogP contribution is 2.45. The second-order valence-electron chi connectivity index (χ2n) is 7.62. The Morgan fingerprint density at radius 3 is 2.73 bits per heavy atom. The van der Waals surface area contributed by atoms with Crippen molar-refractivity contribution < 1.29 is 14.3 Å². The monoisotopic (exact) mass is 358 g/mol. The highest BCUT2D eigenvalue weighted by atomic mass is 19.1. The molecule has 0 bridgehead atoms. The lowest BCUT2D eigenvalue weighted by molar-refractivity contribution is 0.0695. The van der Waals surface area contributed by atoms with Crippen molar-refractivity contribution in [3.05, 3.63) is 33.9 Å². The molecule has 8 heteroatoms. The number of carboxylic acids is 1. The molecule has 3 heterocycles. The van der Waals surface area contributed by atoms with Gasteiger partial charge in [0.2, 0.25) is 5.43 Å². The number of hydrogen-bond donors (Lipinski definition) is 2. The minimum atomic E-state index is -1.31. The Hall–Kier alpha value is -2.48. The fraction of sp³-hybridized carbons (Fsp3) is 0.500. The average Bonchev–Trinajstić information content (AvgIpc) is 3.53. The van der Waals surface area contributed by atoms with Gasteiger partial charge in [-0.2, -0.15) is 0 Å². The van der Waals surface area contributed by atoms with Crippen LogP contribution in [0.5, 0.6) is 0 Å². The quantitative estimate of drug-likeness (QED) is 0.859. The third-order valence-electron chi connectivity index (χ3n) is 5.97. The molecule has 2 aromatic heterocycles. The number of fused-ring (bicyclic) bond motifs is 2. The van der Waals surface area contributed by atoms with Gasteiger partial charge in [-0.1, -0.05) is 0 Å². The summed E-state index contributed by atoms with van der Waals surface area (Å²) >= 11 is 0. The number of aromatic carboxylic acids is 1. The maximum absolute atomic E-state index is 14.8. The number of piperidine rings is 1. The first-order valence-corrected chi connectivity index (χ1v) is 8.95. The van der Waals surface area contributed by atoms with Crippen molar-refractivity contribution in [1.29, 1.82) is 0 Å². The van der Waals surface area contributed by atoms with Crippen molar-refractivity contribution in [2.45, 2.75) is 31.3 Å². The van der Waals surface area contributed by atoms with E-state index in [0.29, 0.717) is 30.6 Å². The Morgan fingerprint density at radius 2 is 2.08 bits per heavy atom. The molecule has 26 heavy (non-hydrogen) atoms. The molecule has 2 saturated carbocycles. The lowest BCUT2D eigenvalue weighted by Crippen LogP contribution is -2.33. The summed E-state index contributed by atoms with van der Waals surface area (Å²) < 4.78 is 16.5. The first-order chi connectivity index (χ1) is 12.5. The Morgan fingerprint density at radius 1 is 1.31 bits per heavy atom. The number of nitrogens with zero attached hydrogens (tertiary/aromatic N) is 3. The van der Waals surface area contributed by atoms with Gasteiger partial charge >= 0.3 is 5.97 Å². The fourth-order valence-corrected chi connectivity index (χ4v) is 4.22. The average molecular weight is 358 g/mol. The topological polar surface area (TPSA) is 101 Å². The molecule has 5 rings (SSSR count). The van der Waals surface area contributed by atoms with Gasteiger partial charge in [0, 0.05) is 31.4 Å². The first-order valence-electron chi connectivity index (χ1n) is 8.95. The second kappa shape index (κ2) is 5.26. The lowest BCUT2D eigenvalue weighted by Gasteiger charge is -2.28. The van der Waals surface area contributed by atoms with E-state index < -0.39 is 17.2 Å². The smallest absolute Gasteiger partial charge is 0.341 e. The normalized spacial score (nSPS) is 27.5. The van der Waals surface area contributed by atoms with Crippen LogP contribution in [0.15, 0.2) is 17.1 Å². The number of anilines is 1. The third kappa shape index (κ3) is 2.25. The molecule has 1 saturated heterocycles. The molecular weight excluding hydrogens is 339 g/mol. The van der Waals surface area contributed by atoms with E-state index in [2.05, 4.69) is 4.98 Å². The van der Waals surface area contributed by atoms with Gasteiger partial charge in [0.25, 0.3) is 0 Å². The van der Waals surface area contributed by atoms with Crippen LogP contribution in [-0.4, -0.2) is 39.8 Å². The second-order valence-corrected chi connectivity index (χ2v) is 7.62. The Balaban J connectivity index is 1.66. The maximum Gasteiger partial charge on any atom is 0.341 e. The van der Waals surface area contributed by atoms with E-state index in [1.807, 2.05) is 4.90 Å². The van der Waals surface area contributed by atoms with Gasteiger partial charge < -0.3 is 20.3 Å². The van der Waals surface area contributed by atoms with Gasteiger partial charge in [0.1, 0.15) is 11.2 Å². The summed E-state index contributed by atoms with van der Waals surface area (Å²) in [6.45, 7) is 1.35. The number of aromatic nitrogens is 2. The maximum atomic E-state index is 14.8. The van der Waals surface area contributed by atoms with Gasteiger partial charge in [0.05, 0.1) is 5.39 Å². The number of pyridine rings is 2. The van der Waals surface area contributed by atoms with Crippen molar-refractivity contribution >= 4 is 22.8 Å². The minimum absolute atomic E-state index is 0.0241. The molecule has 3 aliphatic rings. The van der Waals surface area contributed by atoms with E-state index in [-0.39, 0.29) is 28.9 Å². The van der Waals surface area contributed by atoms with Crippen molar-refractivity contribution in [2.24, 2.45) is 17.6 Å². The molecule has 0 spiro atoms. The van der Waals surface area contributed by atoms with Crippen LogP contribution >= 0.6 is 0 Å². The largest absolute Gasteiger partial charge is 0.477 e. The van der Waals surface area contributed by atoms with E-state index >= 15 is 0 Å². The Kier molecular flexibility index (Phi) is 3.19. The highest BCUT2D eigenvalue weighted by molar-refractivity contribution is 5.92. The van der Waals surface area contributed by atoms with Crippen LogP contribution in [0.2, 0.25) is 0 Å². The zero-order valence-electron chi connectivity index (χ0n) is 14.1. The van der Waals surface area contributed by atoms with Gasteiger partial charge in [-0.3, -0.25) is 4.79 Å². The number of carbonyl (C=O) groups is 1. The number of carboxylic acid groups (broad SMARTS) is 1. The molecule has 3 unspecified atom stereocenters. The molecule has 3 atom stereocenters. The Labute approximate surface area is 148 Å². The molecule has 0 amide bonds. The summed E-state index contributed by atoms with van der Waals surface area (Å²) in [7, 11) is 0. The van der Waals surface area contributed by atoms with Crippen LogP contribution in [0, 0.1) is 17.7 Å². The van der Waals surface area contributed by atoms with Crippen molar-refractivity contribution in [3.8, 4) is 0 Å². The van der Waals surface area contributed by atoms with E-state index in [1.54, 1.807) is 4.57 Å². The SMILES string of the molecule is NC1C2CCN(c3nc4c(cc3F)c(=O)c(C(=O)O)cn4C3CC3)CC12. The van der Waals surface area contributed by atoms with E-state index in [1.165, 1.54) is 6.20 Å². The van der Waals surface area contributed by atoms with Gasteiger partial charge in [-0.05, 0) is 37.2 Å². The van der Waals surface area contributed by atoms with Crippen molar-refractivity contribution in [1.82, 2.24) is 9.55 Å². The number of halogens is 1. The third-order valence-corrected chi connectivity index (χ3v) is 5.97. The van der Waals surface area contributed by atoms with Gasteiger partial charge in [0.15, 0.2) is 11.6 Å². The molecule has 1 aliphatic heterocycles. The molecule has 3 N–H and O–H groups in total. The van der Waals surface area contributed by atoms with E-state index in [9.17, 15) is 19.1 Å². The Bertz CT molecular complexity index is 1000. The summed E-state index contributed by atoms with van der Waals surface area (Å²) in [5.41, 5.74) is 5.36. The molecule has 3 fully saturated rings. The molecule has 2 aromatic rings. The standard InChI is InChI=1S/C18H19FN4O3/c19-13-5-10-15(24)12(18(25)26)7-23(8-1-2-8)16(10)21-17(13)22-4-3-9-11(6-22)14(9)20/h5,7-9,11,14H,1-4,6,20H2,(H,25,26). The molecule has 136 valence electrons. The summed E-state index contributed by atoms with van der Waals surface area (Å²) in [6, 6.07) is 1.44. The van der Waals surface area contributed by atoms with E-state index in [4.69, 9.17) is 5.73 Å². The molecule has 0 radical (unpaired) electrons. The van der Waals surface area contributed by atoms with Gasteiger partial charge in [-0.25, -0.2) is 14.2 Å². The zero-order valence-corrected chi connectivity index (χ0v) is 14.1. The number of rotatable bonds is 3. The van der Waals surface area contributed by atoms with Crippen LogP contribution in [0.4, 0.5) is 10.2 Å². The summed E-state index contributed by atoms with van der Waals surface area (Å²) in [5, 5.41) is 9.31. The minimum Gasteiger partial charge on any atom is -0.477 e. The van der Waals surface area contributed by atoms with Crippen molar-refractivity contribution in [3.63, 3.8) is 0 Å². The van der Waals surface area contributed by atoms with Crippen LogP contribution in [0.25, 0.3) is 11.0 Å². The number of nitrogens with two attached hydrogens (primary N) is 1. The summed E-state index contributed by atoms with van der Waals surface area (Å²) in [6.07, 6.45) is 4.06. The molecule has 0 aromatic carbocycles. The zero-order chi connectivity index (χ0) is 18.2. The van der Waals surface area contributed by atoms with E-state index in [0.717, 1.165) is 25.3 Å². The fourth-order valence-electron chi connectivity index (χ4n) is 4.22. The van der Waals surface area contributed by atoms with Gasteiger partial charge in [-0.15, -0.1) is 0 Å². The predicted octanol–water partition coefficient (Wildman–Crippen LogP) is 1.35.